The number of amides is 1. The van der Waals surface area contributed by atoms with Crippen LogP contribution >= 0.6 is 0 Å². The van der Waals surface area contributed by atoms with Gasteiger partial charge in [-0.25, -0.2) is 5.43 Å². The SMILES string of the molecule is CC(C)c1ccc(/C=N\NC(=O)c2cc(C3CC3)[nH]n2)cc1. The number of carbonyl (C=O) groups is 1. The fourth-order valence-corrected chi connectivity index (χ4v) is 2.25. The third-order valence-corrected chi connectivity index (χ3v) is 3.83. The molecule has 1 aliphatic rings. The second kappa shape index (κ2) is 6.13. The Labute approximate surface area is 129 Å². The molecule has 0 radical (unpaired) electrons. The van der Waals surface area contributed by atoms with Gasteiger partial charge in [-0.05, 0) is 36.0 Å². The Hall–Kier alpha value is -2.43. The van der Waals surface area contributed by atoms with E-state index in [0.717, 1.165) is 11.3 Å². The van der Waals surface area contributed by atoms with Crippen LogP contribution in [0.5, 0.6) is 0 Å². The minimum Gasteiger partial charge on any atom is -0.281 e. The van der Waals surface area contributed by atoms with Crippen LogP contribution in [0.3, 0.4) is 0 Å². The topological polar surface area (TPSA) is 70.1 Å². The fourth-order valence-electron chi connectivity index (χ4n) is 2.25. The van der Waals surface area contributed by atoms with E-state index in [-0.39, 0.29) is 5.91 Å². The van der Waals surface area contributed by atoms with Crippen molar-refractivity contribution in [1.29, 1.82) is 0 Å². The van der Waals surface area contributed by atoms with Crippen molar-refractivity contribution in [3.63, 3.8) is 0 Å². The van der Waals surface area contributed by atoms with Crippen LogP contribution in [0.2, 0.25) is 0 Å². The highest BCUT2D eigenvalue weighted by molar-refractivity contribution is 5.93. The molecular weight excluding hydrogens is 276 g/mol. The van der Waals surface area contributed by atoms with Crippen molar-refractivity contribution in [3.05, 3.63) is 52.8 Å². The van der Waals surface area contributed by atoms with Gasteiger partial charge in [0.15, 0.2) is 5.69 Å². The molecule has 1 amide bonds. The molecule has 1 aromatic heterocycles. The molecule has 114 valence electrons. The number of nitrogens with zero attached hydrogens (tertiary/aromatic N) is 2. The molecule has 3 rings (SSSR count). The first-order chi connectivity index (χ1) is 10.6. The van der Waals surface area contributed by atoms with Crippen molar-refractivity contribution in [2.45, 2.75) is 38.5 Å². The van der Waals surface area contributed by atoms with Crippen molar-refractivity contribution in [2.75, 3.05) is 0 Å². The molecule has 0 atom stereocenters. The third kappa shape index (κ3) is 3.42. The number of hydrogen-bond donors (Lipinski definition) is 2. The summed E-state index contributed by atoms with van der Waals surface area (Å²) in [5.74, 6) is 0.765. The van der Waals surface area contributed by atoms with E-state index in [2.05, 4.69) is 46.7 Å². The van der Waals surface area contributed by atoms with Crippen LogP contribution in [0.4, 0.5) is 0 Å². The summed E-state index contributed by atoms with van der Waals surface area (Å²) >= 11 is 0. The molecule has 0 saturated heterocycles. The Morgan fingerprint density at radius 3 is 2.73 bits per heavy atom. The zero-order valence-electron chi connectivity index (χ0n) is 12.8. The van der Waals surface area contributed by atoms with E-state index in [1.807, 2.05) is 12.1 Å². The van der Waals surface area contributed by atoms with Crippen LogP contribution in [0, 0.1) is 0 Å². The summed E-state index contributed by atoms with van der Waals surface area (Å²) in [6.07, 6.45) is 3.98. The maximum Gasteiger partial charge on any atom is 0.291 e. The standard InChI is InChI=1S/C17H20N4O/c1-11(2)13-5-3-12(4-6-13)10-18-21-17(22)16-9-15(19-20-16)14-7-8-14/h3-6,9-11,14H,7-8H2,1-2H3,(H,19,20)(H,21,22)/b18-10-. The molecule has 1 heterocycles. The molecule has 5 heteroatoms. The summed E-state index contributed by atoms with van der Waals surface area (Å²) < 4.78 is 0. The van der Waals surface area contributed by atoms with E-state index in [0.29, 0.717) is 17.5 Å². The summed E-state index contributed by atoms with van der Waals surface area (Å²) in [7, 11) is 0. The highest BCUT2D eigenvalue weighted by atomic mass is 16.2. The van der Waals surface area contributed by atoms with Crippen molar-refractivity contribution in [2.24, 2.45) is 5.10 Å². The van der Waals surface area contributed by atoms with Crippen LogP contribution in [0.25, 0.3) is 0 Å². The smallest absolute Gasteiger partial charge is 0.281 e. The number of aromatic amines is 1. The van der Waals surface area contributed by atoms with E-state index >= 15 is 0 Å². The number of hydrogen-bond acceptors (Lipinski definition) is 3. The van der Waals surface area contributed by atoms with Crippen molar-refractivity contribution < 1.29 is 4.79 Å². The molecule has 2 aromatic rings. The van der Waals surface area contributed by atoms with E-state index in [4.69, 9.17) is 0 Å². The summed E-state index contributed by atoms with van der Waals surface area (Å²) in [6, 6.07) is 9.93. The average molecular weight is 296 g/mol. The van der Waals surface area contributed by atoms with Crippen molar-refractivity contribution in [3.8, 4) is 0 Å². The predicted molar refractivity (Wildman–Crippen MR) is 86.2 cm³/mol. The van der Waals surface area contributed by atoms with Gasteiger partial charge in [0.1, 0.15) is 0 Å². The Morgan fingerprint density at radius 1 is 1.36 bits per heavy atom. The molecule has 1 fully saturated rings. The number of carbonyl (C=O) groups excluding carboxylic acids is 1. The number of rotatable bonds is 5. The van der Waals surface area contributed by atoms with Gasteiger partial charge in [0.2, 0.25) is 0 Å². The van der Waals surface area contributed by atoms with Gasteiger partial charge in [-0.3, -0.25) is 9.89 Å². The first kappa shape index (κ1) is 14.5. The summed E-state index contributed by atoms with van der Waals surface area (Å²) in [5, 5.41) is 10.9. The molecule has 22 heavy (non-hydrogen) atoms. The monoisotopic (exact) mass is 296 g/mol. The Kier molecular flexibility index (Phi) is 4.04. The molecule has 0 unspecified atom stereocenters. The first-order valence-electron chi connectivity index (χ1n) is 7.62. The predicted octanol–water partition coefficient (Wildman–Crippen LogP) is 3.17. The van der Waals surface area contributed by atoms with Gasteiger partial charge in [0.25, 0.3) is 5.91 Å². The average Bonchev–Trinajstić information content (AvgIpc) is 3.25. The zero-order valence-corrected chi connectivity index (χ0v) is 12.8. The molecule has 0 spiro atoms. The number of aromatic nitrogens is 2. The van der Waals surface area contributed by atoms with E-state index in [1.165, 1.54) is 18.4 Å². The molecule has 2 N–H and O–H groups in total. The van der Waals surface area contributed by atoms with E-state index in [9.17, 15) is 4.79 Å². The van der Waals surface area contributed by atoms with Gasteiger partial charge in [-0.2, -0.15) is 10.2 Å². The highest BCUT2D eigenvalue weighted by Crippen LogP contribution is 2.38. The largest absolute Gasteiger partial charge is 0.291 e. The lowest BCUT2D eigenvalue weighted by molar-refractivity contribution is 0.0950. The normalized spacial score (nSPS) is 14.7. The minimum atomic E-state index is -0.293. The van der Waals surface area contributed by atoms with Gasteiger partial charge < -0.3 is 0 Å². The lowest BCUT2D eigenvalue weighted by atomic mass is 10.0. The molecule has 1 aliphatic carbocycles. The van der Waals surface area contributed by atoms with E-state index < -0.39 is 0 Å². The van der Waals surface area contributed by atoms with Gasteiger partial charge in [-0.15, -0.1) is 0 Å². The Morgan fingerprint density at radius 2 is 2.09 bits per heavy atom. The minimum absolute atomic E-state index is 0.293. The second-order valence-electron chi connectivity index (χ2n) is 6.00. The van der Waals surface area contributed by atoms with Gasteiger partial charge in [0, 0.05) is 11.6 Å². The maximum absolute atomic E-state index is 11.9. The lowest BCUT2D eigenvalue weighted by Crippen LogP contribution is -2.18. The summed E-state index contributed by atoms with van der Waals surface area (Å²) in [4.78, 5) is 11.9. The molecule has 5 nitrogen and oxygen atoms in total. The summed E-state index contributed by atoms with van der Waals surface area (Å²) in [5.41, 5.74) is 6.16. The molecule has 1 aromatic carbocycles. The van der Waals surface area contributed by atoms with Gasteiger partial charge in [0.05, 0.1) is 6.21 Å². The second-order valence-corrected chi connectivity index (χ2v) is 6.00. The fraction of sp³-hybridized carbons (Fsp3) is 0.353. The van der Waals surface area contributed by atoms with Gasteiger partial charge in [-0.1, -0.05) is 38.1 Å². The number of hydrazone groups is 1. The van der Waals surface area contributed by atoms with Crippen LogP contribution in [0.15, 0.2) is 35.4 Å². The quantitative estimate of drug-likeness (QED) is 0.657. The number of H-pyrrole nitrogens is 1. The third-order valence-electron chi connectivity index (χ3n) is 3.83. The maximum atomic E-state index is 11.9. The molecular formula is C17H20N4O. The molecule has 0 bridgehead atoms. The summed E-state index contributed by atoms with van der Waals surface area (Å²) in [6.45, 7) is 4.31. The van der Waals surface area contributed by atoms with Crippen LogP contribution < -0.4 is 5.43 Å². The first-order valence-corrected chi connectivity index (χ1v) is 7.62. The Bertz CT molecular complexity index is 681. The van der Waals surface area contributed by atoms with E-state index in [1.54, 1.807) is 12.3 Å². The Balaban J connectivity index is 1.57. The molecule has 0 aliphatic heterocycles. The number of nitrogens with one attached hydrogen (secondary N) is 2. The van der Waals surface area contributed by atoms with Crippen LogP contribution in [0.1, 0.15) is 65.8 Å². The molecule has 1 saturated carbocycles. The lowest BCUT2D eigenvalue weighted by Gasteiger charge is -2.04. The van der Waals surface area contributed by atoms with Crippen molar-refractivity contribution in [1.82, 2.24) is 15.6 Å². The number of benzene rings is 1. The van der Waals surface area contributed by atoms with Gasteiger partial charge >= 0.3 is 0 Å². The van der Waals surface area contributed by atoms with Crippen molar-refractivity contribution >= 4 is 12.1 Å². The highest BCUT2D eigenvalue weighted by Gasteiger charge is 2.26. The zero-order chi connectivity index (χ0) is 15.5. The van der Waals surface area contributed by atoms with Crippen LogP contribution in [-0.2, 0) is 0 Å². The van der Waals surface area contributed by atoms with Crippen LogP contribution in [-0.4, -0.2) is 22.3 Å².